The molecule has 0 radical (unpaired) electrons. The zero-order valence-corrected chi connectivity index (χ0v) is 11.8. The van der Waals surface area contributed by atoms with E-state index < -0.39 is 0 Å². The van der Waals surface area contributed by atoms with Crippen LogP contribution in [0.5, 0.6) is 0 Å². The van der Waals surface area contributed by atoms with E-state index in [9.17, 15) is 4.79 Å². The van der Waals surface area contributed by atoms with Gasteiger partial charge in [0.15, 0.2) is 0 Å². The van der Waals surface area contributed by atoms with Crippen molar-refractivity contribution in [2.75, 3.05) is 11.9 Å². The Morgan fingerprint density at radius 3 is 2.79 bits per heavy atom. The van der Waals surface area contributed by atoms with Crippen LogP contribution in [0.3, 0.4) is 0 Å². The summed E-state index contributed by atoms with van der Waals surface area (Å²) in [5.41, 5.74) is 1.52. The molecule has 2 aromatic rings. The number of nitrogens with one attached hydrogen (secondary N) is 2. The van der Waals surface area contributed by atoms with Gasteiger partial charge < -0.3 is 10.6 Å². The Morgan fingerprint density at radius 2 is 2.21 bits per heavy atom. The predicted molar refractivity (Wildman–Crippen MR) is 76.4 cm³/mol. The topological polar surface area (TPSA) is 66.9 Å². The number of anilines is 1. The molecule has 2 aromatic heterocycles. The molecule has 0 aromatic carbocycles. The number of hydrogen-bond acceptors (Lipinski definition) is 5. The molecule has 0 bridgehead atoms. The zero-order valence-electron chi connectivity index (χ0n) is 10.9. The van der Waals surface area contributed by atoms with Crippen molar-refractivity contribution >= 4 is 23.1 Å². The summed E-state index contributed by atoms with van der Waals surface area (Å²) >= 11 is 1.64. The minimum Gasteiger partial charge on any atom is -0.369 e. The molecule has 0 saturated carbocycles. The van der Waals surface area contributed by atoms with Gasteiger partial charge in [-0.1, -0.05) is 0 Å². The van der Waals surface area contributed by atoms with Gasteiger partial charge in [-0.25, -0.2) is 9.97 Å². The summed E-state index contributed by atoms with van der Waals surface area (Å²) < 4.78 is 0. The molecule has 2 N–H and O–H groups in total. The number of hydrogen-bond donors (Lipinski definition) is 2. The summed E-state index contributed by atoms with van der Waals surface area (Å²) in [6.45, 7) is 5.31. The van der Waals surface area contributed by atoms with Crippen LogP contribution in [0.15, 0.2) is 23.8 Å². The maximum absolute atomic E-state index is 11.9. The Bertz CT molecular complexity index is 550. The van der Waals surface area contributed by atoms with E-state index in [0.717, 1.165) is 11.4 Å². The molecule has 2 heterocycles. The summed E-state index contributed by atoms with van der Waals surface area (Å²) in [7, 11) is 0. The van der Waals surface area contributed by atoms with Crippen molar-refractivity contribution in [1.29, 1.82) is 0 Å². The number of carbonyl (C=O) groups excluding carboxylic acids is 1. The van der Waals surface area contributed by atoms with Gasteiger partial charge in [-0.05, 0) is 30.9 Å². The van der Waals surface area contributed by atoms with Crippen LogP contribution < -0.4 is 10.6 Å². The number of thiophene rings is 1. The molecule has 2 rings (SSSR count). The third kappa shape index (κ3) is 3.51. The second-order valence-corrected chi connectivity index (χ2v) is 5.03. The van der Waals surface area contributed by atoms with Gasteiger partial charge >= 0.3 is 0 Å². The minimum atomic E-state index is -0.205. The number of amides is 1. The highest BCUT2D eigenvalue weighted by atomic mass is 32.1. The molecule has 1 amide bonds. The number of aromatic nitrogens is 2. The third-order valence-corrected chi connectivity index (χ3v) is 3.64. The molecule has 100 valence electrons. The molecule has 0 atom stereocenters. The van der Waals surface area contributed by atoms with E-state index in [1.807, 2.05) is 25.3 Å². The number of carbonyl (C=O) groups is 1. The van der Waals surface area contributed by atoms with Crippen molar-refractivity contribution in [2.24, 2.45) is 0 Å². The third-order valence-electron chi connectivity index (χ3n) is 2.62. The molecule has 0 aliphatic rings. The minimum absolute atomic E-state index is 0.205. The lowest BCUT2D eigenvalue weighted by Crippen LogP contribution is -2.24. The van der Waals surface area contributed by atoms with Crippen LogP contribution in [-0.4, -0.2) is 22.4 Å². The second-order valence-electron chi connectivity index (χ2n) is 4.03. The molecule has 6 heteroatoms. The maximum Gasteiger partial charge on any atom is 0.271 e. The van der Waals surface area contributed by atoms with Gasteiger partial charge in [-0.3, -0.25) is 4.79 Å². The summed E-state index contributed by atoms with van der Waals surface area (Å²) in [5, 5.41) is 7.89. The summed E-state index contributed by atoms with van der Waals surface area (Å²) in [6, 6.07) is 2.04. The number of aryl methyl sites for hydroxylation is 1. The van der Waals surface area contributed by atoms with E-state index >= 15 is 0 Å². The first-order valence-electron chi connectivity index (χ1n) is 6.07. The van der Waals surface area contributed by atoms with Crippen molar-refractivity contribution in [2.45, 2.75) is 20.4 Å². The van der Waals surface area contributed by atoms with E-state index in [2.05, 4.69) is 20.6 Å². The average molecular weight is 276 g/mol. The molecule has 0 fully saturated rings. The molecule has 0 aliphatic carbocycles. The fourth-order valence-corrected chi connectivity index (χ4v) is 2.40. The van der Waals surface area contributed by atoms with Gasteiger partial charge in [0.05, 0.1) is 18.9 Å². The van der Waals surface area contributed by atoms with Crippen LogP contribution in [0.25, 0.3) is 0 Å². The first-order valence-corrected chi connectivity index (χ1v) is 6.95. The highest BCUT2D eigenvalue weighted by molar-refractivity contribution is 7.10. The van der Waals surface area contributed by atoms with E-state index in [1.54, 1.807) is 17.5 Å². The van der Waals surface area contributed by atoms with Gasteiger partial charge in [0.25, 0.3) is 5.91 Å². The lowest BCUT2D eigenvalue weighted by molar-refractivity contribution is 0.0946. The quantitative estimate of drug-likeness (QED) is 0.878. The van der Waals surface area contributed by atoms with Crippen LogP contribution in [-0.2, 0) is 6.54 Å². The molecule has 0 spiro atoms. The molecular weight excluding hydrogens is 260 g/mol. The Morgan fingerprint density at radius 1 is 1.37 bits per heavy atom. The van der Waals surface area contributed by atoms with E-state index in [4.69, 9.17) is 0 Å². The van der Waals surface area contributed by atoms with Crippen LogP contribution in [0.2, 0.25) is 0 Å². The molecule has 0 unspecified atom stereocenters. The van der Waals surface area contributed by atoms with Crippen LogP contribution in [0.4, 0.5) is 5.82 Å². The standard InChI is InChI=1S/C13H16N4OS/c1-3-14-12-8-15-10(6-16-12)13(18)17-7-11-9(2)4-5-19-11/h4-6,8H,3,7H2,1-2H3,(H,14,16)(H,17,18). The average Bonchev–Trinajstić information content (AvgIpc) is 2.83. The molecule has 5 nitrogen and oxygen atoms in total. The van der Waals surface area contributed by atoms with Gasteiger partial charge in [0.1, 0.15) is 11.5 Å². The zero-order chi connectivity index (χ0) is 13.7. The summed E-state index contributed by atoms with van der Waals surface area (Å²) in [6.07, 6.45) is 3.05. The Labute approximate surface area is 116 Å². The maximum atomic E-state index is 11.9. The van der Waals surface area contributed by atoms with E-state index in [-0.39, 0.29) is 5.91 Å². The smallest absolute Gasteiger partial charge is 0.271 e. The lowest BCUT2D eigenvalue weighted by atomic mass is 10.3. The second kappa shape index (κ2) is 6.29. The Hall–Kier alpha value is -1.95. The van der Waals surface area contributed by atoms with Gasteiger partial charge in [-0.15, -0.1) is 11.3 Å². The first kappa shape index (κ1) is 13.5. The Balaban J connectivity index is 1.94. The largest absolute Gasteiger partial charge is 0.369 e. The molecule has 19 heavy (non-hydrogen) atoms. The molecule has 0 saturated heterocycles. The Kier molecular flexibility index (Phi) is 4.46. The fraction of sp³-hybridized carbons (Fsp3) is 0.308. The van der Waals surface area contributed by atoms with Gasteiger partial charge in [0, 0.05) is 11.4 Å². The summed E-state index contributed by atoms with van der Waals surface area (Å²) in [4.78, 5) is 21.3. The van der Waals surface area contributed by atoms with Gasteiger partial charge in [0.2, 0.25) is 0 Å². The van der Waals surface area contributed by atoms with Crippen molar-refractivity contribution in [1.82, 2.24) is 15.3 Å². The highest BCUT2D eigenvalue weighted by Gasteiger charge is 2.08. The first-order chi connectivity index (χ1) is 9.20. The van der Waals surface area contributed by atoms with Crippen LogP contribution >= 0.6 is 11.3 Å². The lowest BCUT2D eigenvalue weighted by Gasteiger charge is -2.05. The predicted octanol–water partition coefficient (Wildman–Crippen LogP) is 2.21. The summed E-state index contributed by atoms with van der Waals surface area (Å²) in [5.74, 6) is 0.469. The molecule has 0 aliphatic heterocycles. The fourth-order valence-electron chi connectivity index (χ4n) is 1.55. The monoisotopic (exact) mass is 276 g/mol. The van der Waals surface area contributed by atoms with Crippen LogP contribution in [0, 0.1) is 6.92 Å². The van der Waals surface area contributed by atoms with E-state index in [0.29, 0.717) is 18.1 Å². The number of nitrogens with zero attached hydrogens (tertiary/aromatic N) is 2. The van der Waals surface area contributed by atoms with Gasteiger partial charge in [-0.2, -0.15) is 0 Å². The normalized spacial score (nSPS) is 10.2. The number of rotatable bonds is 5. The van der Waals surface area contributed by atoms with Crippen LogP contribution in [0.1, 0.15) is 27.9 Å². The van der Waals surface area contributed by atoms with Crippen molar-refractivity contribution in [3.05, 3.63) is 40.0 Å². The van der Waals surface area contributed by atoms with Crippen molar-refractivity contribution in [3.8, 4) is 0 Å². The van der Waals surface area contributed by atoms with Crippen molar-refractivity contribution in [3.63, 3.8) is 0 Å². The van der Waals surface area contributed by atoms with Crippen molar-refractivity contribution < 1.29 is 4.79 Å². The highest BCUT2D eigenvalue weighted by Crippen LogP contribution is 2.14. The van der Waals surface area contributed by atoms with E-state index in [1.165, 1.54) is 11.8 Å². The SMILES string of the molecule is CCNc1cnc(C(=O)NCc2sccc2C)cn1. The molecular formula is C13H16N4OS.